The molecule has 1 atom stereocenters. The van der Waals surface area contributed by atoms with Gasteiger partial charge in [0.1, 0.15) is 13.2 Å². The molecule has 0 aromatic rings. The second-order valence-corrected chi connectivity index (χ2v) is 19.9. The van der Waals surface area contributed by atoms with E-state index in [4.69, 9.17) is 14.2 Å². The van der Waals surface area contributed by atoms with Crippen molar-refractivity contribution in [2.45, 2.75) is 284 Å². The molecule has 1 unspecified atom stereocenters. The minimum Gasteiger partial charge on any atom is -0.462 e. The van der Waals surface area contributed by atoms with Crippen molar-refractivity contribution in [3.8, 4) is 0 Å². The summed E-state index contributed by atoms with van der Waals surface area (Å²) in [6.07, 6.45) is 82.6. The fraction of sp³-hybridized carbons (Fsp3) is 0.687. The van der Waals surface area contributed by atoms with Crippen LogP contribution in [0.15, 0.2) is 109 Å². The molecule has 0 aliphatic carbocycles. The first-order valence-electron chi connectivity index (χ1n) is 30.4. The molecule has 0 heterocycles. The summed E-state index contributed by atoms with van der Waals surface area (Å²) >= 11 is 0. The topological polar surface area (TPSA) is 78.9 Å². The molecule has 0 saturated heterocycles. The van der Waals surface area contributed by atoms with Crippen LogP contribution < -0.4 is 0 Å². The number of hydrogen-bond donors (Lipinski definition) is 0. The molecule has 0 radical (unpaired) electrons. The first-order valence-corrected chi connectivity index (χ1v) is 30.4. The van der Waals surface area contributed by atoms with Gasteiger partial charge in [0.2, 0.25) is 0 Å². The molecule has 416 valence electrons. The average molecular weight is 1010 g/mol. The fourth-order valence-corrected chi connectivity index (χ4v) is 8.29. The lowest BCUT2D eigenvalue weighted by atomic mass is 10.0. The Balaban J connectivity index is 4.43. The third kappa shape index (κ3) is 58.8. The summed E-state index contributed by atoms with van der Waals surface area (Å²) in [5, 5.41) is 0. The molecular formula is C67H112O6. The van der Waals surface area contributed by atoms with Crippen LogP contribution in [0, 0.1) is 0 Å². The number of hydrogen-bond acceptors (Lipinski definition) is 6. The minimum absolute atomic E-state index is 0.113. The van der Waals surface area contributed by atoms with Crippen LogP contribution in [-0.2, 0) is 28.6 Å². The maximum absolute atomic E-state index is 12.9. The van der Waals surface area contributed by atoms with Gasteiger partial charge in [0.15, 0.2) is 6.10 Å². The Hall–Kier alpha value is -3.93. The minimum atomic E-state index is -0.826. The molecular weight excluding hydrogens is 901 g/mol. The van der Waals surface area contributed by atoms with Gasteiger partial charge in [0, 0.05) is 12.8 Å². The van der Waals surface area contributed by atoms with E-state index in [0.29, 0.717) is 12.8 Å². The van der Waals surface area contributed by atoms with Crippen LogP contribution in [-0.4, -0.2) is 37.2 Å². The number of allylic oxidation sites excluding steroid dienone is 17. The summed E-state index contributed by atoms with van der Waals surface area (Å²) in [6.45, 7) is 6.33. The van der Waals surface area contributed by atoms with Crippen LogP contribution >= 0.6 is 0 Å². The molecule has 0 aliphatic rings. The maximum atomic E-state index is 12.9. The van der Waals surface area contributed by atoms with Crippen molar-refractivity contribution in [2.75, 3.05) is 13.2 Å². The summed E-state index contributed by atoms with van der Waals surface area (Å²) in [7, 11) is 0. The van der Waals surface area contributed by atoms with Gasteiger partial charge in [-0.15, -0.1) is 0 Å². The zero-order valence-electron chi connectivity index (χ0n) is 47.6. The van der Waals surface area contributed by atoms with E-state index in [-0.39, 0.29) is 31.6 Å². The molecule has 0 amide bonds. The highest BCUT2D eigenvalue weighted by Gasteiger charge is 2.19. The van der Waals surface area contributed by atoms with Gasteiger partial charge in [-0.2, -0.15) is 0 Å². The molecule has 6 heteroatoms. The van der Waals surface area contributed by atoms with Crippen molar-refractivity contribution in [3.63, 3.8) is 0 Å². The highest BCUT2D eigenvalue weighted by atomic mass is 16.6. The predicted octanol–water partition coefficient (Wildman–Crippen LogP) is 20.7. The molecule has 0 aromatic carbocycles. The Morgan fingerprint density at radius 1 is 0.301 bits per heavy atom. The first-order chi connectivity index (χ1) is 36.0. The van der Waals surface area contributed by atoms with Crippen molar-refractivity contribution in [3.05, 3.63) is 109 Å². The molecule has 0 saturated carbocycles. The van der Waals surface area contributed by atoms with Crippen LogP contribution in [0.25, 0.3) is 0 Å². The van der Waals surface area contributed by atoms with Crippen molar-refractivity contribution in [1.82, 2.24) is 0 Å². The summed E-state index contributed by atoms with van der Waals surface area (Å²) in [4.78, 5) is 38.2. The molecule has 6 nitrogen and oxygen atoms in total. The molecule has 0 spiro atoms. The molecule has 0 bridgehead atoms. The predicted molar refractivity (Wildman–Crippen MR) is 316 cm³/mol. The van der Waals surface area contributed by atoms with E-state index in [1.54, 1.807) is 6.08 Å². The first kappa shape index (κ1) is 69.1. The van der Waals surface area contributed by atoms with E-state index in [1.165, 1.54) is 135 Å². The van der Waals surface area contributed by atoms with Crippen molar-refractivity contribution >= 4 is 17.9 Å². The lowest BCUT2D eigenvalue weighted by Crippen LogP contribution is -2.30. The molecule has 73 heavy (non-hydrogen) atoms. The Morgan fingerprint density at radius 3 is 0.973 bits per heavy atom. The van der Waals surface area contributed by atoms with Gasteiger partial charge in [0.25, 0.3) is 0 Å². The van der Waals surface area contributed by atoms with E-state index in [0.717, 1.165) is 103 Å². The average Bonchev–Trinajstić information content (AvgIpc) is 3.39. The molecule has 0 aliphatic heterocycles. The van der Waals surface area contributed by atoms with E-state index >= 15 is 0 Å². The number of unbranched alkanes of at least 4 members (excludes halogenated alkanes) is 26. The van der Waals surface area contributed by atoms with Gasteiger partial charge >= 0.3 is 17.9 Å². The van der Waals surface area contributed by atoms with E-state index in [2.05, 4.69) is 118 Å². The lowest BCUT2D eigenvalue weighted by molar-refractivity contribution is -0.166. The smallest absolute Gasteiger partial charge is 0.309 e. The summed E-state index contributed by atoms with van der Waals surface area (Å²) in [6, 6.07) is 0. The monoisotopic (exact) mass is 1010 g/mol. The number of carbonyl (C=O) groups excluding carboxylic acids is 3. The van der Waals surface area contributed by atoms with Crippen molar-refractivity contribution in [1.29, 1.82) is 0 Å². The van der Waals surface area contributed by atoms with E-state index in [1.807, 2.05) is 6.08 Å². The highest BCUT2D eigenvalue weighted by Crippen LogP contribution is 2.15. The SMILES string of the molecule is CC/C=C\C/C=C\C/C=C\C/C=C\C/C=C\CC(=O)OCC(COC(=O)CCCCCCCCCCCCC/C=C\CCCCCCCCCC)OC(=O)CCCCCCCCC/C=C\C/C=C\C/C=C\CC. The Morgan fingerprint density at radius 2 is 0.589 bits per heavy atom. The third-order valence-corrected chi connectivity index (χ3v) is 12.8. The Kier molecular flexibility index (Phi) is 57.4. The maximum Gasteiger partial charge on any atom is 0.309 e. The van der Waals surface area contributed by atoms with Crippen LogP contribution in [0.5, 0.6) is 0 Å². The highest BCUT2D eigenvalue weighted by molar-refractivity contribution is 5.72. The van der Waals surface area contributed by atoms with Gasteiger partial charge in [-0.25, -0.2) is 0 Å². The van der Waals surface area contributed by atoms with E-state index in [9.17, 15) is 14.4 Å². The van der Waals surface area contributed by atoms with Crippen molar-refractivity contribution < 1.29 is 28.6 Å². The number of carbonyl (C=O) groups is 3. The number of esters is 3. The number of rotatable bonds is 54. The van der Waals surface area contributed by atoms with Crippen molar-refractivity contribution in [2.24, 2.45) is 0 Å². The summed E-state index contributed by atoms with van der Waals surface area (Å²) in [5.74, 6) is -1.05. The summed E-state index contributed by atoms with van der Waals surface area (Å²) in [5.41, 5.74) is 0. The fourth-order valence-electron chi connectivity index (χ4n) is 8.29. The van der Waals surface area contributed by atoms with Crippen LogP contribution in [0.2, 0.25) is 0 Å². The van der Waals surface area contributed by atoms with Crippen LogP contribution in [0.4, 0.5) is 0 Å². The summed E-state index contributed by atoms with van der Waals surface area (Å²) < 4.78 is 16.8. The molecule has 0 fully saturated rings. The second-order valence-electron chi connectivity index (χ2n) is 19.9. The Labute approximate surface area is 450 Å². The quantitative estimate of drug-likeness (QED) is 0.0261. The van der Waals surface area contributed by atoms with Gasteiger partial charge in [-0.3, -0.25) is 14.4 Å². The van der Waals surface area contributed by atoms with Crippen LogP contribution in [0.3, 0.4) is 0 Å². The molecule has 0 N–H and O–H groups in total. The zero-order valence-corrected chi connectivity index (χ0v) is 47.6. The lowest BCUT2D eigenvalue weighted by Gasteiger charge is -2.18. The Bertz CT molecular complexity index is 1490. The largest absolute Gasteiger partial charge is 0.462 e. The zero-order chi connectivity index (χ0) is 52.9. The van der Waals surface area contributed by atoms with Gasteiger partial charge < -0.3 is 14.2 Å². The third-order valence-electron chi connectivity index (χ3n) is 12.8. The van der Waals surface area contributed by atoms with Gasteiger partial charge in [-0.05, 0) is 103 Å². The second kappa shape index (κ2) is 60.6. The normalized spacial score (nSPS) is 12.9. The van der Waals surface area contributed by atoms with Crippen LogP contribution in [0.1, 0.15) is 278 Å². The van der Waals surface area contributed by atoms with E-state index < -0.39 is 12.1 Å². The standard InChI is InChI=1S/C67H112O6/c1-4-7-10-13-16-19-22-25-28-30-31-32-33-34-35-37-39-42-45-48-51-54-57-60-66(69)72-63-64(62-71-65(68)59-56-53-50-47-44-41-38-27-24-21-18-15-12-9-6-3)73-67(70)61-58-55-52-49-46-43-40-36-29-26-23-20-17-14-11-8-5-2/h8-9,11-12,17-18,20-21,26-27,29-31,38,44,47,53,56,64H,4-7,10,13-16,19,22-25,28,32-37,39-43,45-46,48-52,54-55,57-63H2,1-3H3/b11-8-,12-9-,20-17-,21-18-,29-26-,31-30-,38-27-,47-44-,56-53-. The van der Waals surface area contributed by atoms with Gasteiger partial charge in [-0.1, -0.05) is 265 Å². The molecule has 0 aromatic heterocycles. The van der Waals surface area contributed by atoms with Gasteiger partial charge in [0.05, 0.1) is 6.42 Å². The molecule has 0 rings (SSSR count). The number of ether oxygens (including phenoxy) is 3.